The zero-order valence-corrected chi connectivity index (χ0v) is 14.7. The molecule has 0 aromatic heterocycles. The number of carbonyl (C=O) groups is 1. The molecule has 0 radical (unpaired) electrons. The Morgan fingerprint density at radius 2 is 1.85 bits per heavy atom. The van der Waals surface area contributed by atoms with Crippen molar-refractivity contribution < 1.29 is 23.5 Å². The molecule has 0 saturated carbocycles. The van der Waals surface area contributed by atoms with Gasteiger partial charge >= 0.3 is 0 Å². The molecule has 6 nitrogen and oxygen atoms in total. The molecule has 2 rings (SSSR count). The first-order valence-corrected chi connectivity index (χ1v) is 8.01. The van der Waals surface area contributed by atoms with E-state index in [4.69, 9.17) is 14.3 Å². The van der Waals surface area contributed by atoms with Crippen molar-refractivity contribution in [2.75, 3.05) is 27.4 Å². The molecule has 0 atom stereocenters. The van der Waals surface area contributed by atoms with Crippen molar-refractivity contribution in [3.63, 3.8) is 0 Å². The van der Waals surface area contributed by atoms with Crippen molar-refractivity contribution in [1.29, 1.82) is 0 Å². The number of nitrogens with zero attached hydrogens (tertiary/aromatic N) is 1. The van der Waals surface area contributed by atoms with Crippen LogP contribution in [0.3, 0.4) is 0 Å². The largest absolute Gasteiger partial charge is 0.493 e. The van der Waals surface area contributed by atoms with Crippen LogP contribution in [0.25, 0.3) is 0 Å². The van der Waals surface area contributed by atoms with Crippen molar-refractivity contribution >= 4 is 12.1 Å². The molecule has 1 N–H and O–H groups in total. The lowest BCUT2D eigenvalue weighted by atomic mass is 10.1. The summed E-state index contributed by atoms with van der Waals surface area (Å²) in [6.07, 6.45) is 2.06. The van der Waals surface area contributed by atoms with E-state index < -0.39 is 0 Å². The third kappa shape index (κ3) is 6.08. The SMILES string of the molecule is COc1ccc(CCNC(=O)CO/N=C/c2ccc(F)cc2)cc1OC. The van der Waals surface area contributed by atoms with Gasteiger partial charge in [0.05, 0.1) is 20.4 Å². The van der Waals surface area contributed by atoms with E-state index in [9.17, 15) is 9.18 Å². The number of amides is 1. The molecule has 26 heavy (non-hydrogen) atoms. The molecule has 0 fully saturated rings. The van der Waals surface area contributed by atoms with Gasteiger partial charge in [-0.05, 0) is 41.8 Å². The van der Waals surface area contributed by atoms with Crippen LogP contribution in [-0.4, -0.2) is 39.5 Å². The van der Waals surface area contributed by atoms with E-state index in [2.05, 4.69) is 10.5 Å². The molecule has 7 heteroatoms. The molecule has 2 aromatic rings. The average molecular weight is 360 g/mol. The van der Waals surface area contributed by atoms with Crippen LogP contribution < -0.4 is 14.8 Å². The number of ether oxygens (including phenoxy) is 2. The Morgan fingerprint density at radius 3 is 2.54 bits per heavy atom. The topological polar surface area (TPSA) is 69.2 Å². The maximum atomic E-state index is 12.8. The van der Waals surface area contributed by atoms with E-state index >= 15 is 0 Å². The van der Waals surface area contributed by atoms with Crippen molar-refractivity contribution in [1.82, 2.24) is 5.32 Å². The Labute approximate surface area is 151 Å². The molecule has 2 aromatic carbocycles. The summed E-state index contributed by atoms with van der Waals surface area (Å²) in [5.74, 6) is 0.709. The molecular weight excluding hydrogens is 339 g/mol. The van der Waals surface area contributed by atoms with Gasteiger partial charge in [0, 0.05) is 6.54 Å². The van der Waals surface area contributed by atoms with Crippen molar-refractivity contribution in [2.24, 2.45) is 5.16 Å². The number of hydrogen-bond acceptors (Lipinski definition) is 5. The second-order valence-corrected chi connectivity index (χ2v) is 5.35. The molecule has 0 saturated heterocycles. The summed E-state index contributed by atoms with van der Waals surface area (Å²) >= 11 is 0. The quantitative estimate of drug-likeness (QED) is 0.551. The van der Waals surface area contributed by atoms with Crippen LogP contribution in [0.4, 0.5) is 4.39 Å². The first-order chi connectivity index (χ1) is 12.6. The number of nitrogens with one attached hydrogen (secondary N) is 1. The third-order valence-electron chi connectivity index (χ3n) is 3.53. The molecule has 138 valence electrons. The second-order valence-electron chi connectivity index (χ2n) is 5.35. The summed E-state index contributed by atoms with van der Waals surface area (Å²) in [5, 5.41) is 6.42. The fourth-order valence-corrected chi connectivity index (χ4v) is 2.18. The first kappa shape index (κ1) is 19.2. The number of methoxy groups -OCH3 is 2. The highest BCUT2D eigenvalue weighted by Gasteiger charge is 2.05. The number of carbonyl (C=O) groups excluding carboxylic acids is 1. The lowest BCUT2D eigenvalue weighted by Gasteiger charge is -2.10. The summed E-state index contributed by atoms with van der Waals surface area (Å²) in [6.45, 7) is 0.267. The van der Waals surface area contributed by atoms with Gasteiger partial charge in [0.2, 0.25) is 0 Å². The van der Waals surface area contributed by atoms with Crippen LogP contribution in [0.2, 0.25) is 0 Å². The van der Waals surface area contributed by atoms with E-state index in [1.165, 1.54) is 18.3 Å². The maximum Gasteiger partial charge on any atom is 0.260 e. The minimum absolute atomic E-state index is 0.191. The van der Waals surface area contributed by atoms with Gasteiger partial charge in [-0.2, -0.15) is 0 Å². The normalized spacial score (nSPS) is 10.6. The minimum Gasteiger partial charge on any atom is -0.493 e. The average Bonchev–Trinajstić information content (AvgIpc) is 2.66. The van der Waals surface area contributed by atoms with Crippen LogP contribution in [0.15, 0.2) is 47.6 Å². The highest BCUT2D eigenvalue weighted by molar-refractivity contribution is 5.79. The molecule has 0 aliphatic heterocycles. The number of oxime groups is 1. The molecule has 0 aliphatic carbocycles. The summed E-state index contributed by atoms with van der Waals surface area (Å²) in [4.78, 5) is 16.6. The van der Waals surface area contributed by atoms with Gasteiger partial charge in [0.1, 0.15) is 5.82 Å². The highest BCUT2D eigenvalue weighted by Crippen LogP contribution is 2.27. The lowest BCUT2D eigenvalue weighted by Crippen LogP contribution is -2.28. The van der Waals surface area contributed by atoms with Crippen molar-refractivity contribution in [3.8, 4) is 11.5 Å². The fraction of sp³-hybridized carbons (Fsp3) is 0.263. The van der Waals surface area contributed by atoms with Gasteiger partial charge in [-0.3, -0.25) is 4.79 Å². The Hall–Kier alpha value is -3.09. The molecule has 0 heterocycles. The molecule has 0 spiro atoms. The van der Waals surface area contributed by atoms with Crippen LogP contribution in [0.1, 0.15) is 11.1 Å². The van der Waals surface area contributed by atoms with Crippen LogP contribution in [-0.2, 0) is 16.1 Å². The van der Waals surface area contributed by atoms with Gasteiger partial charge in [-0.1, -0.05) is 23.4 Å². The molecule has 0 unspecified atom stereocenters. The monoisotopic (exact) mass is 360 g/mol. The predicted molar refractivity (Wildman–Crippen MR) is 96.2 cm³/mol. The maximum absolute atomic E-state index is 12.8. The van der Waals surface area contributed by atoms with Crippen molar-refractivity contribution in [2.45, 2.75) is 6.42 Å². The molecule has 0 aliphatic rings. The molecule has 0 bridgehead atoms. The Kier molecular flexibility index (Phi) is 7.42. The van der Waals surface area contributed by atoms with Gasteiger partial charge in [-0.15, -0.1) is 0 Å². The Bertz CT molecular complexity index is 748. The number of rotatable bonds is 9. The van der Waals surface area contributed by atoms with E-state index in [-0.39, 0.29) is 18.3 Å². The highest BCUT2D eigenvalue weighted by atomic mass is 19.1. The smallest absolute Gasteiger partial charge is 0.260 e. The van der Waals surface area contributed by atoms with Crippen LogP contribution in [0.5, 0.6) is 11.5 Å². The number of benzene rings is 2. The van der Waals surface area contributed by atoms with Crippen LogP contribution in [0, 0.1) is 5.82 Å². The lowest BCUT2D eigenvalue weighted by molar-refractivity contribution is -0.125. The summed E-state index contributed by atoms with van der Waals surface area (Å²) in [5.41, 5.74) is 1.69. The van der Waals surface area contributed by atoms with E-state index in [1.54, 1.807) is 26.4 Å². The molecular formula is C19H21FN2O4. The number of halogens is 1. The molecule has 1 amide bonds. The van der Waals surface area contributed by atoms with Gasteiger partial charge in [0.25, 0.3) is 5.91 Å². The fourth-order valence-electron chi connectivity index (χ4n) is 2.18. The number of hydrogen-bond donors (Lipinski definition) is 1. The van der Waals surface area contributed by atoms with E-state index in [0.29, 0.717) is 30.0 Å². The van der Waals surface area contributed by atoms with Gasteiger partial charge < -0.3 is 19.6 Å². The van der Waals surface area contributed by atoms with Crippen molar-refractivity contribution in [3.05, 3.63) is 59.4 Å². The summed E-state index contributed by atoms with van der Waals surface area (Å²) in [6, 6.07) is 11.4. The van der Waals surface area contributed by atoms with E-state index in [1.807, 2.05) is 18.2 Å². The zero-order chi connectivity index (χ0) is 18.8. The predicted octanol–water partition coefficient (Wildman–Crippen LogP) is 2.55. The van der Waals surface area contributed by atoms with Gasteiger partial charge in [-0.25, -0.2) is 4.39 Å². The Morgan fingerprint density at radius 1 is 1.12 bits per heavy atom. The first-order valence-electron chi connectivity index (χ1n) is 8.01. The third-order valence-corrected chi connectivity index (χ3v) is 3.53. The summed E-state index contributed by atoms with van der Waals surface area (Å²) < 4.78 is 23.2. The summed E-state index contributed by atoms with van der Waals surface area (Å²) in [7, 11) is 3.16. The van der Waals surface area contributed by atoms with Crippen LogP contribution >= 0.6 is 0 Å². The Balaban J connectivity index is 1.69. The van der Waals surface area contributed by atoms with E-state index in [0.717, 1.165) is 5.56 Å². The zero-order valence-electron chi connectivity index (χ0n) is 14.7. The van der Waals surface area contributed by atoms with Gasteiger partial charge in [0.15, 0.2) is 18.1 Å². The standard InChI is InChI=1S/C19H21FN2O4/c1-24-17-8-5-14(11-18(17)25-2)9-10-21-19(23)13-26-22-12-15-3-6-16(20)7-4-15/h3-8,11-12H,9-10,13H2,1-2H3,(H,21,23)/b22-12+. The second kappa shape index (κ2) is 10.0. The minimum atomic E-state index is -0.322.